The van der Waals surface area contributed by atoms with Gasteiger partial charge in [-0.3, -0.25) is 4.79 Å². The van der Waals surface area contributed by atoms with Gasteiger partial charge in [-0.15, -0.1) is 6.04 Å². The van der Waals surface area contributed by atoms with Crippen LogP contribution in [-0.2, 0) is 4.79 Å². The number of hydrogen-bond donors (Lipinski definition) is 1. The van der Waals surface area contributed by atoms with Crippen molar-refractivity contribution in [2.45, 2.75) is 32.7 Å². The fraction of sp³-hybridized carbons (Fsp3) is 0.391. The van der Waals surface area contributed by atoms with E-state index in [2.05, 4.69) is 10.2 Å². The third-order valence-corrected chi connectivity index (χ3v) is 5.30. The van der Waals surface area contributed by atoms with Crippen LogP contribution < -0.4 is 0 Å². The van der Waals surface area contributed by atoms with Gasteiger partial charge in [-0.1, -0.05) is 67.4 Å². The Kier molecular flexibility index (Phi) is 6.73. The molecule has 1 saturated heterocycles. The molecule has 1 N–H and O–H groups in total. The zero-order valence-corrected chi connectivity index (χ0v) is 23.6. The number of benzene rings is 2. The molecule has 0 bridgehead atoms. The molecule has 0 saturated carbocycles. The Hall–Kier alpha value is -3.66. The van der Waals surface area contributed by atoms with Crippen molar-refractivity contribution < 1.29 is 14.7 Å². The maximum Gasteiger partial charge on any atom is 0.310 e. The first-order chi connectivity index (χ1) is 13.4. The molecule has 29 heavy (non-hydrogen) atoms. The fourth-order valence-corrected chi connectivity index (χ4v) is 3.61. The summed E-state index contributed by atoms with van der Waals surface area (Å²) in [4.78, 5) is 26.3. The monoisotopic (exact) mass is 646 g/mol. The first kappa shape index (κ1) is 21.6. The predicted molar refractivity (Wildman–Crippen MR) is 110 cm³/mol. The second-order valence-electron chi connectivity index (χ2n) is 8.04. The number of amides is 1. The topological polar surface area (TPSA) is 71.7 Å². The smallest absolute Gasteiger partial charge is 0.310 e. The predicted octanol–water partition coefficient (Wildman–Crippen LogP) is 4.44. The van der Waals surface area contributed by atoms with Gasteiger partial charge in [-0.2, -0.15) is 0 Å². The Morgan fingerprint density at radius 1 is 1.03 bits per heavy atom. The second-order valence-corrected chi connectivity index (χ2v) is 8.04. The Bertz CT molecular complexity index is 831. The van der Waals surface area contributed by atoms with E-state index >= 15 is 0 Å². The zero-order chi connectivity index (χ0) is 20.1. The van der Waals surface area contributed by atoms with Crippen molar-refractivity contribution in [3.63, 3.8) is 0 Å². The number of piperidine rings is 1. The summed E-state index contributed by atoms with van der Waals surface area (Å²) in [5.74, 6) is -0.962. The summed E-state index contributed by atoms with van der Waals surface area (Å²) < 4.78 is 0. The van der Waals surface area contributed by atoms with Crippen molar-refractivity contribution in [2.75, 3.05) is 19.6 Å². The average Bonchev–Trinajstić information content (AvgIpc) is 2.70. The second kappa shape index (κ2) is 9.02. The van der Waals surface area contributed by atoms with Crippen molar-refractivity contribution >= 4 is 11.9 Å². The van der Waals surface area contributed by atoms with E-state index in [1.54, 1.807) is 13.8 Å². The van der Waals surface area contributed by atoms with Crippen LogP contribution in [0.25, 0.3) is 16.4 Å². The Labute approximate surface area is 166 Å². The Morgan fingerprint density at radius 2 is 1.62 bits per heavy atom. The maximum absolute atomic E-state index is 12.8. The number of carboxylic acid groups (broad SMARTS) is 1. The standard InChI is InChI=1S/C23H28N2O3.Rf/c1-23(2,22(27)28)16-25-14-12-18(13-15-25)24-21(26)20-11-7-6-10-19(20)17-8-4-3-5-9-17;/h3-11,18H,12-16H2,1-2H3,(H2,24,26,27,28);/p-1. The minimum atomic E-state index is -0.785. The van der Waals surface area contributed by atoms with Crippen LogP contribution in [0.5, 0.6) is 0 Å². The van der Waals surface area contributed by atoms with Gasteiger partial charge in [-0.25, -0.2) is 0 Å². The molecule has 0 atom stereocenters. The summed E-state index contributed by atoms with van der Waals surface area (Å²) in [6, 6.07) is 17.4. The van der Waals surface area contributed by atoms with Gasteiger partial charge in [0.15, 0.2) is 0 Å². The summed E-state index contributed by atoms with van der Waals surface area (Å²) in [6.07, 6.45) is 1.55. The first-order valence-corrected chi connectivity index (χ1v) is 9.72. The summed E-state index contributed by atoms with van der Waals surface area (Å²) in [6.45, 7) is 5.53. The molecule has 1 fully saturated rings. The average molecular weight is 646 g/mol. The molecule has 150 valence electrons. The van der Waals surface area contributed by atoms with E-state index < -0.39 is 11.4 Å². The molecule has 0 aromatic heterocycles. The molecule has 5 nitrogen and oxygen atoms in total. The number of carbonyl (C=O) groups is 2. The third kappa shape index (κ3) is 5.20. The minimum Gasteiger partial charge on any atom is -0.646 e. The van der Waals surface area contributed by atoms with E-state index in [9.17, 15) is 14.7 Å². The molecule has 0 spiro atoms. The Balaban J connectivity index is 0.00000300. The minimum absolute atomic E-state index is 0. The van der Waals surface area contributed by atoms with Gasteiger partial charge in [0.05, 0.1) is 11.3 Å². The molecule has 3 rings (SSSR count). The van der Waals surface area contributed by atoms with Crippen molar-refractivity contribution in [3.05, 3.63) is 65.5 Å². The van der Waals surface area contributed by atoms with E-state index in [0.29, 0.717) is 12.1 Å². The van der Waals surface area contributed by atoms with Crippen LogP contribution in [0.3, 0.4) is 0 Å². The molecule has 1 heterocycles. The van der Waals surface area contributed by atoms with Crippen LogP contribution in [0, 0.1) is 5.41 Å². The van der Waals surface area contributed by atoms with Crippen molar-refractivity contribution in [1.29, 1.82) is 0 Å². The normalized spacial score (nSPS) is 15.4. The molecule has 1 aliphatic rings. The molecule has 2 aromatic rings. The fourth-order valence-electron chi connectivity index (χ4n) is 3.61. The van der Waals surface area contributed by atoms with Gasteiger partial charge in [-0.05, 0) is 38.1 Å². The quantitative estimate of drug-likeness (QED) is 0.504. The van der Waals surface area contributed by atoms with Gasteiger partial charge in [0.2, 0.25) is 0 Å². The number of likely N-dealkylation sites (tertiary alicyclic amines) is 1. The van der Waals surface area contributed by atoms with Crippen LogP contribution >= 0.6 is 0 Å². The summed E-state index contributed by atoms with van der Waals surface area (Å²) in [5, 5.41) is 13.8. The van der Waals surface area contributed by atoms with Gasteiger partial charge in [0.25, 0.3) is 0 Å². The number of aliphatic carboxylic acids is 1. The third-order valence-electron chi connectivity index (χ3n) is 5.30. The van der Waals surface area contributed by atoms with Gasteiger partial charge in [0.1, 0.15) is 0 Å². The van der Waals surface area contributed by atoms with Crippen LogP contribution in [0.15, 0.2) is 54.6 Å². The van der Waals surface area contributed by atoms with E-state index in [4.69, 9.17) is 0 Å². The van der Waals surface area contributed by atoms with Crippen LogP contribution in [-0.4, -0.2) is 47.6 Å². The number of carbonyl (C=O) groups excluding carboxylic acids is 1. The van der Waals surface area contributed by atoms with E-state index in [1.165, 1.54) is 0 Å². The van der Waals surface area contributed by atoms with Crippen molar-refractivity contribution in [1.82, 2.24) is 4.90 Å². The SMILES string of the molecule is CC(C)(CN1CCC([N-]C(=O)c2ccccc2-c2ccccc2)CC1)C(=O)O.[Rf]. The molecule has 0 radical (unpaired) electrons. The van der Waals surface area contributed by atoms with E-state index in [0.717, 1.165) is 37.1 Å². The van der Waals surface area contributed by atoms with Crippen molar-refractivity contribution in [3.8, 4) is 11.1 Å². The maximum atomic E-state index is 12.8. The number of nitrogens with zero attached hydrogens (tertiary/aromatic N) is 2. The largest absolute Gasteiger partial charge is 0.646 e. The summed E-state index contributed by atoms with van der Waals surface area (Å²) in [5.41, 5.74) is 1.77. The molecule has 0 unspecified atom stereocenters. The van der Waals surface area contributed by atoms with Crippen molar-refractivity contribution in [2.24, 2.45) is 5.41 Å². The zero-order valence-electron chi connectivity index (χ0n) is 17.2. The van der Waals surface area contributed by atoms with Crippen LogP contribution in [0.2, 0.25) is 0 Å². The molecular formula is C23H27N2O3Rf-. The number of rotatable bonds is 6. The molecule has 1 amide bonds. The Morgan fingerprint density at radius 3 is 2.24 bits per heavy atom. The van der Waals surface area contributed by atoms with Crippen LogP contribution in [0.1, 0.15) is 37.0 Å². The summed E-state index contributed by atoms with van der Waals surface area (Å²) >= 11 is 0. The number of carboxylic acids is 1. The summed E-state index contributed by atoms with van der Waals surface area (Å²) in [7, 11) is 0. The molecule has 1 aliphatic heterocycles. The number of hydrogen-bond acceptors (Lipinski definition) is 3. The molecule has 0 aliphatic carbocycles. The van der Waals surface area contributed by atoms with E-state index in [1.807, 2.05) is 54.6 Å². The molecular weight excluding hydrogens is 619 g/mol. The molecule has 6 heteroatoms. The van der Waals surface area contributed by atoms with Gasteiger partial charge >= 0.3 is 5.97 Å². The van der Waals surface area contributed by atoms with Gasteiger partial charge < -0.3 is 20.1 Å². The van der Waals surface area contributed by atoms with Crippen LogP contribution in [0.4, 0.5) is 0 Å². The molecule has 2 aromatic carbocycles. The van der Waals surface area contributed by atoms with Gasteiger partial charge in [0, 0.05) is 12.1 Å². The first-order valence-electron chi connectivity index (χ1n) is 9.72. The van der Waals surface area contributed by atoms with E-state index in [-0.39, 0.29) is 11.9 Å².